The maximum atomic E-state index is 10.1. The molecule has 1 aromatic heterocycles. The molecule has 0 atom stereocenters. The van der Waals surface area contributed by atoms with E-state index in [4.69, 9.17) is 5.11 Å². The molecule has 0 fully saturated rings. The Morgan fingerprint density at radius 1 is 1.58 bits per heavy atom. The van der Waals surface area contributed by atoms with Gasteiger partial charge >= 0.3 is 5.97 Å². The van der Waals surface area contributed by atoms with Gasteiger partial charge in [0.2, 0.25) is 6.20 Å². The minimum absolute atomic E-state index is 0.0869. The van der Waals surface area contributed by atoms with Crippen LogP contribution in [0.25, 0.3) is 0 Å². The second kappa shape index (κ2) is 4.27. The molecule has 0 bridgehead atoms. The number of hydrogen-bond acceptors (Lipinski definition) is 3. The van der Waals surface area contributed by atoms with Gasteiger partial charge in [-0.3, -0.25) is 4.79 Å². The van der Waals surface area contributed by atoms with E-state index in [-0.39, 0.29) is 6.42 Å². The third-order valence-corrected chi connectivity index (χ3v) is 1.23. The van der Waals surface area contributed by atoms with Crippen molar-refractivity contribution in [2.45, 2.75) is 6.42 Å². The van der Waals surface area contributed by atoms with Crippen LogP contribution in [0.3, 0.4) is 0 Å². The van der Waals surface area contributed by atoms with E-state index in [9.17, 15) is 4.79 Å². The normalized spacial score (nSPS) is 9.33. The van der Waals surface area contributed by atoms with E-state index in [0.717, 1.165) is 0 Å². The van der Waals surface area contributed by atoms with Crippen LogP contribution in [0, 0.1) is 0 Å². The minimum atomic E-state index is -0.820. The van der Waals surface area contributed by atoms with Gasteiger partial charge in [0.05, 0.1) is 19.2 Å². The summed E-state index contributed by atoms with van der Waals surface area (Å²) in [5, 5.41) is 12.2. The fourth-order valence-corrected chi connectivity index (χ4v) is 0.701. The zero-order valence-electron chi connectivity index (χ0n) is 6.47. The fraction of sp³-hybridized carbons (Fsp3) is 0.286. The van der Waals surface area contributed by atoms with Crippen molar-refractivity contribution in [2.24, 2.45) is 0 Å². The van der Waals surface area contributed by atoms with Crippen LogP contribution in [-0.4, -0.2) is 22.7 Å². The predicted octanol–water partition coefficient (Wildman–Crippen LogP) is -0.613. The predicted molar refractivity (Wildman–Crippen MR) is 40.9 cm³/mol. The van der Waals surface area contributed by atoms with Crippen molar-refractivity contribution in [3.05, 3.63) is 24.5 Å². The van der Waals surface area contributed by atoms with Gasteiger partial charge in [0, 0.05) is 16.0 Å². The monoisotopic (exact) mass is 168 g/mol. The molecule has 0 aromatic carbocycles. The van der Waals surface area contributed by atoms with Crippen molar-refractivity contribution in [1.82, 2.24) is 5.10 Å². The van der Waals surface area contributed by atoms with Gasteiger partial charge in [-0.15, -0.1) is 0 Å². The molecule has 0 spiro atoms. The van der Waals surface area contributed by atoms with Gasteiger partial charge in [0.15, 0.2) is 0 Å². The highest BCUT2D eigenvalue weighted by Crippen LogP contribution is 1.74. The first kappa shape index (κ1) is 8.45. The van der Waals surface area contributed by atoms with Crippen molar-refractivity contribution in [3.8, 4) is 0 Å². The molecule has 0 unspecified atom stereocenters. The molecule has 1 aromatic rings. The average molecular weight is 168 g/mol. The summed E-state index contributed by atoms with van der Waals surface area (Å²) in [6.45, 7) is 0.372. The molecule has 0 aliphatic rings. The number of nitrogens with zero attached hydrogens (tertiary/aromatic N) is 2. The maximum Gasteiger partial charge on any atom is 0.305 e. The highest BCUT2D eigenvalue weighted by molar-refractivity contribution is 5.66. The summed E-state index contributed by atoms with van der Waals surface area (Å²) < 4.78 is 0. The summed E-state index contributed by atoms with van der Waals surface area (Å²) in [7, 11) is 0. The Hall–Kier alpha value is -1.65. The third kappa shape index (κ3) is 2.96. The highest BCUT2D eigenvalue weighted by atomic mass is 16.4. The molecular weight excluding hydrogens is 158 g/mol. The second-order valence-corrected chi connectivity index (χ2v) is 2.19. The molecule has 1 rings (SSSR count). The molecule has 1 heterocycles. The molecule has 64 valence electrons. The molecule has 0 aliphatic heterocycles. The third-order valence-electron chi connectivity index (χ3n) is 1.23. The van der Waals surface area contributed by atoms with E-state index >= 15 is 0 Å². The van der Waals surface area contributed by atoms with Gasteiger partial charge in [-0.1, -0.05) is 0 Å². The maximum absolute atomic E-state index is 10.1. The zero-order valence-corrected chi connectivity index (χ0v) is 6.47. The molecule has 0 saturated carbocycles. The lowest BCUT2D eigenvalue weighted by molar-refractivity contribution is -0.710. The van der Waals surface area contributed by atoms with Crippen LogP contribution < -0.4 is 10.2 Å². The molecule has 5 heteroatoms. The van der Waals surface area contributed by atoms with Gasteiger partial charge in [-0.05, 0) is 6.07 Å². The van der Waals surface area contributed by atoms with Crippen LogP contribution in [-0.2, 0) is 4.79 Å². The van der Waals surface area contributed by atoms with E-state index < -0.39 is 5.97 Å². The van der Waals surface area contributed by atoms with Crippen molar-refractivity contribution >= 4 is 5.97 Å². The van der Waals surface area contributed by atoms with E-state index in [1.54, 1.807) is 24.5 Å². The summed E-state index contributed by atoms with van der Waals surface area (Å²) >= 11 is 0. The summed E-state index contributed by atoms with van der Waals surface area (Å²) in [4.78, 5) is 11.6. The van der Waals surface area contributed by atoms with E-state index in [0.29, 0.717) is 6.54 Å². The van der Waals surface area contributed by atoms with Crippen molar-refractivity contribution in [2.75, 3.05) is 12.0 Å². The van der Waals surface area contributed by atoms with Crippen molar-refractivity contribution < 1.29 is 14.7 Å². The number of carboxylic acid groups (broad SMARTS) is 1. The molecule has 0 saturated heterocycles. The SMILES string of the molecule is O=C(O)CCN[n+]1ccccn1. The largest absolute Gasteiger partial charge is 0.481 e. The Bertz CT molecular complexity index is 250. The summed E-state index contributed by atoms with van der Waals surface area (Å²) in [5.41, 5.74) is 2.80. The quantitative estimate of drug-likeness (QED) is 0.588. The van der Waals surface area contributed by atoms with Gasteiger partial charge in [0.1, 0.15) is 0 Å². The van der Waals surface area contributed by atoms with Gasteiger partial charge in [-0.25, -0.2) is 0 Å². The average Bonchev–Trinajstić information content (AvgIpc) is 2.05. The summed E-state index contributed by atoms with van der Waals surface area (Å²) in [6.07, 6.45) is 3.42. The Kier molecular flexibility index (Phi) is 3.01. The lowest BCUT2D eigenvalue weighted by atomic mass is 10.4. The molecule has 12 heavy (non-hydrogen) atoms. The lowest BCUT2D eigenvalue weighted by Gasteiger charge is -1.93. The minimum Gasteiger partial charge on any atom is -0.481 e. The first-order valence-electron chi connectivity index (χ1n) is 3.57. The Morgan fingerprint density at radius 2 is 2.42 bits per heavy atom. The van der Waals surface area contributed by atoms with E-state index in [2.05, 4.69) is 10.5 Å². The number of carboxylic acids is 1. The van der Waals surface area contributed by atoms with Gasteiger partial charge in [0.25, 0.3) is 0 Å². The number of hydrogen-bond donors (Lipinski definition) is 2. The first-order chi connectivity index (χ1) is 5.79. The van der Waals surface area contributed by atoms with Crippen LogP contribution in [0.5, 0.6) is 0 Å². The molecule has 0 aliphatic carbocycles. The van der Waals surface area contributed by atoms with Gasteiger partial charge in [-0.2, -0.15) is 5.43 Å². The molecule has 2 N–H and O–H groups in total. The first-order valence-corrected chi connectivity index (χ1v) is 3.57. The lowest BCUT2D eigenvalue weighted by Crippen LogP contribution is -2.48. The van der Waals surface area contributed by atoms with E-state index in [1.807, 2.05) is 0 Å². The highest BCUT2D eigenvalue weighted by Gasteiger charge is 2.00. The molecule has 0 radical (unpaired) electrons. The number of carbonyl (C=O) groups is 1. The van der Waals surface area contributed by atoms with Crippen molar-refractivity contribution in [3.63, 3.8) is 0 Å². The Balaban J connectivity index is 2.29. The molecule has 0 amide bonds. The Labute approximate surface area is 69.6 Å². The summed E-state index contributed by atoms with van der Waals surface area (Å²) in [6, 6.07) is 3.59. The van der Waals surface area contributed by atoms with Crippen LogP contribution >= 0.6 is 0 Å². The van der Waals surface area contributed by atoms with E-state index in [1.165, 1.54) is 4.79 Å². The van der Waals surface area contributed by atoms with Crippen LogP contribution in [0.2, 0.25) is 0 Å². The smallest absolute Gasteiger partial charge is 0.305 e. The fourth-order valence-electron chi connectivity index (χ4n) is 0.701. The second-order valence-electron chi connectivity index (χ2n) is 2.19. The number of rotatable bonds is 4. The molecule has 5 nitrogen and oxygen atoms in total. The van der Waals surface area contributed by atoms with Crippen LogP contribution in [0.4, 0.5) is 0 Å². The van der Waals surface area contributed by atoms with Gasteiger partial charge < -0.3 is 5.11 Å². The van der Waals surface area contributed by atoms with Crippen LogP contribution in [0.1, 0.15) is 6.42 Å². The van der Waals surface area contributed by atoms with Crippen molar-refractivity contribution in [1.29, 1.82) is 0 Å². The number of aromatic nitrogens is 2. The molecular formula is C7H10N3O2+. The summed E-state index contributed by atoms with van der Waals surface area (Å²) in [5.74, 6) is -0.820. The Morgan fingerprint density at radius 3 is 3.00 bits per heavy atom. The zero-order chi connectivity index (χ0) is 8.81. The van der Waals surface area contributed by atoms with Crippen LogP contribution in [0.15, 0.2) is 24.5 Å². The number of aliphatic carboxylic acids is 1. The topological polar surface area (TPSA) is 66.1 Å². The standard InChI is InChI=1S/C7H9N3O2/c11-7(12)3-5-9-10-6-2-1-4-8-10/h1-2,4,6H,3,5H2,(H-,8,9,11,12)/p+1. The number of nitrogens with one attached hydrogen (secondary N) is 1.